The van der Waals surface area contributed by atoms with Gasteiger partial charge in [-0.3, -0.25) is 0 Å². The number of aliphatic hydroxyl groups excluding tert-OH is 1. The molecular formula is C22H31NO2. The highest BCUT2D eigenvalue weighted by atomic mass is 16.5. The number of rotatable bonds is 3. The molecular weight excluding hydrogens is 310 g/mol. The van der Waals surface area contributed by atoms with Crippen LogP contribution in [0.1, 0.15) is 68.6 Å². The van der Waals surface area contributed by atoms with Crippen LogP contribution in [0.2, 0.25) is 0 Å². The third-order valence-electron chi connectivity index (χ3n) is 6.19. The number of likely N-dealkylation sites (tertiary alicyclic amines) is 1. The number of hydrogen-bond acceptors (Lipinski definition) is 3. The third-order valence-corrected chi connectivity index (χ3v) is 6.19. The molecule has 0 spiro atoms. The zero-order valence-electron chi connectivity index (χ0n) is 15.2. The fourth-order valence-corrected chi connectivity index (χ4v) is 4.35. The fourth-order valence-electron chi connectivity index (χ4n) is 4.35. The van der Waals surface area contributed by atoms with Gasteiger partial charge in [0.15, 0.2) is 0 Å². The monoisotopic (exact) mass is 341 g/mol. The number of aliphatic hydroxyl groups is 1. The Morgan fingerprint density at radius 2 is 1.84 bits per heavy atom. The smallest absolute Gasteiger partial charge is 0.0849 e. The molecule has 3 fully saturated rings. The van der Waals surface area contributed by atoms with E-state index < -0.39 is 0 Å². The van der Waals surface area contributed by atoms with Crippen LogP contribution in [-0.2, 0) is 4.74 Å². The SMILES string of the molecule is OC1CCOC(c2ccc(/C=C3/CCCN(C4CCC4)CC3)cc2)C1. The summed E-state index contributed by atoms with van der Waals surface area (Å²) < 4.78 is 5.81. The number of nitrogens with zero attached hydrogens (tertiary/aromatic N) is 1. The average molecular weight is 341 g/mol. The van der Waals surface area contributed by atoms with Gasteiger partial charge in [-0.2, -0.15) is 0 Å². The summed E-state index contributed by atoms with van der Waals surface area (Å²) in [6.07, 6.45) is 11.7. The van der Waals surface area contributed by atoms with Crippen molar-refractivity contribution in [2.45, 2.75) is 69.6 Å². The van der Waals surface area contributed by atoms with Gasteiger partial charge in [-0.25, -0.2) is 0 Å². The molecule has 1 N–H and O–H groups in total. The summed E-state index contributed by atoms with van der Waals surface area (Å²) in [5.41, 5.74) is 4.09. The molecule has 2 heterocycles. The van der Waals surface area contributed by atoms with Gasteiger partial charge in [-0.15, -0.1) is 0 Å². The second kappa shape index (κ2) is 8.03. The first-order valence-corrected chi connectivity index (χ1v) is 10.1. The van der Waals surface area contributed by atoms with Crippen molar-refractivity contribution >= 4 is 6.08 Å². The highest BCUT2D eigenvalue weighted by molar-refractivity contribution is 5.53. The summed E-state index contributed by atoms with van der Waals surface area (Å²) in [7, 11) is 0. The van der Waals surface area contributed by atoms with Gasteiger partial charge in [-0.05, 0) is 56.2 Å². The lowest BCUT2D eigenvalue weighted by atomic mass is 9.91. The quantitative estimate of drug-likeness (QED) is 0.889. The molecule has 3 nitrogen and oxygen atoms in total. The van der Waals surface area contributed by atoms with E-state index in [1.165, 1.54) is 62.7 Å². The molecule has 4 rings (SSSR count). The zero-order chi connectivity index (χ0) is 17.1. The van der Waals surface area contributed by atoms with Crippen molar-refractivity contribution in [2.24, 2.45) is 0 Å². The molecule has 1 aliphatic carbocycles. The summed E-state index contributed by atoms with van der Waals surface area (Å²) in [5.74, 6) is 0. The maximum absolute atomic E-state index is 9.83. The predicted molar refractivity (Wildman–Crippen MR) is 101 cm³/mol. The summed E-state index contributed by atoms with van der Waals surface area (Å²) in [6.45, 7) is 3.18. The van der Waals surface area contributed by atoms with Crippen LogP contribution in [0.5, 0.6) is 0 Å². The van der Waals surface area contributed by atoms with Crippen molar-refractivity contribution in [1.82, 2.24) is 4.90 Å². The summed E-state index contributed by atoms with van der Waals surface area (Å²) in [5, 5.41) is 9.83. The molecule has 1 aromatic carbocycles. The van der Waals surface area contributed by atoms with Gasteiger partial charge in [0.2, 0.25) is 0 Å². The van der Waals surface area contributed by atoms with Crippen molar-refractivity contribution in [3.05, 3.63) is 41.0 Å². The topological polar surface area (TPSA) is 32.7 Å². The van der Waals surface area contributed by atoms with Crippen LogP contribution in [0, 0.1) is 0 Å². The Kier molecular flexibility index (Phi) is 5.54. The van der Waals surface area contributed by atoms with Crippen molar-refractivity contribution in [2.75, 3.05) is 19.7 Å². The second-order valence-corrected chi connectivity index (χ2v) is 7.98. The van der Waals surface area contributed by atoms with E-state index in [-0.39, 0.29) is 12.2 Å². The Balaban J connectivity index is 1.37. The maximum atomic E-state index is 9.83. The Bertz CT molecular complexity index is 591. The second-order valence-electron chi connectivity index (χ2n) is 7.98. The van der Waals surface area contributed by atoms with E-state index in [4.69, 9.17) is 4.74 Å². The lowest BCUT2D eigenvalue weighted by Gasteiger charge is -2.36. The van der Waals surface area contributed by atoms with Crippen LogP contribution in [0.4, 0.5) is 0 Å². The van der Waals surface area contributed by atoms with Crippen LogP contribution in [0.25, 0.3) is 6.08 Å². The standard InChI is InChI=1S/C22H31NO2/c24-21-11-14-25-22(16-21)19-8-6-18(7-9-19)15-17-3-2-12-23(13-10-17)20-4-1-5-20/h6-9,15,20-22,24H,1-5,10-14,16H2/b17-15-. The number of hydrogen-bond donors (Lipinski definition) is 1. The minimum Gasteiger partial charge on any atom is -0.393 e. The van der Waals surface area contributed by atoms with E-state index >= 15 is 0 Å². The molecule has 1 saturated carbocycles. The van der Waals surface area contributed by atoms with E-state index in [1.807, 2.05) is 0 Å². The fraction of sp³-hybridized carbons (Fsp3) is 0.636. The molecule has 136 valence electrons. The van der Waals surface area contributed by atoms with Gasteiger partial charge >= 0.3 is 0 Å². The molecule has 2 unspecified atom stereocenters. The molecule has 0 bridgehead atoms. The maximum Gasteiger partial charge on any atom is 0.0849 e. The molecule has 0 aromatic heterocycles. The molecule has 3 aliphatic rings. The van der Waals surface area contributed by atoms with Crippen LogP contribution in [-0.4, -0.2) is 41.8 Å². The summed E-state index contributed by atoms with van der Waals surface area (Å²) in [4.78, 5) is 2.72. The highest BCUT2D eigenvalue weighted by Gasteiger charge is 2.26. The lowest BCUT2D eigenvalue weighted by molar-refractivity contribution is -0.0447. The number of benzene rings is 1. The average Bonchev–Trinajstić information content (AvgIpc) is 2.80. The van der Waals surface area contributed by atoms with E-state index in [2.05, 4.69) is 35.2 Å². The molecule has 1 aromatic rings. The predicted octanol–water partition coefficient (Wildman–Crippen LogP) is 4.32. The van der Waals surface area contributed by atoms with Gasteiger partial charge in [0.05, 0.1) is 12.2 Å². The van der Waals surface area contributed by atoms with Crippen molar-refractivity contribution < 1.29 is 9.84 Å². The summed E-state index contributed by atoms with van der Waals surface area (Å²) >= 11 is 0. The Morgan fingerprint density at radius 3 is 2.56 bits per heavy atom. The first kappa shape index (κ1) is 17.3. The first-order valence-electron chi connectivity index (χ1n) is 10.1. The van der Waals surface area contributed by atoms with Crippen LogP contribution >= 0.6 is 0 Å². The largest absolute Gasteiger partial charge is 0.393 e. The van der Waals surface area contributed by atoms with Crippen molar-refractivity contribution in [3.8, 4) is 0 Å². The molecule has 3 heteroatoms. The van der Waals surface area contributed by atoms with Gasteiger partial charge < -0.3 is 14.7 Å². The van der Waals surface area contributed by atoms with Crippen molar-refractivity contribution in [3.63, 3.8) is 0 Å². The minimum atomic E-state index is -0.217. The van der Waals surface area contributed by atoms with Crippen LogP contribution in [0.15, 0.2) is 29.8 Å². The Hall–Kier alpha value is -1.16. The van der Waals surface area contributed by atoms with Gasteiger partial charge in [0, 0.05) is 25.6 Å². The first-order chi connectivity index (χ1) is 12.3. The van der Waals surface area contributed by atoms with E-state index in [0.717, 1.165) is 18.9 Å². The molecule has 2 saturated heterocycles. The third kappa shape index (κ3) is 4.33. The lowest BCUT2D eigenvalue weighted by Crippen LogP contribution is -2.40. The van der Waals surface area contributed by atoms with Gasteiger partial charge in [0.25, 0.3) is 0 Å². The van der Waals surface area contributed by atoms with Gasteiger partial charge in [0.1, 0.15) is 0 Å². The molecule has 2 atom stereocenters. The number of ether oxygens (including phenoxy) is 1. The Morgan fingerprint density at radius 1 is 1.00 bits per heavy atom. The van der Waals surface area contributed by atoms with E-state index in [9.17, 15) is 5.11 Å². The van der Waals surface area contributed by atoms with Crippen LogP contribution in [0.3, 0.4) is 0 Å². The molecule has 0 amide bonds. The minimum absolute atomic E-state index is 0.0550. The molecule has 0 radical (unpaired) electrons. The highest BCUT2D eigenvalue weighted by Crippen LogP contribution is 2.30. The van der Waals surface area contributed by atoms with E-state index in [0.29, 0.717) is 6.61 Å². The normalized spacial score (nSPS) is 30.8. The molecule has 2 aliphatic heterocycles. The molecule has 25 heavy (non-hydrogen) atoms. The van der Waals surface area contributed by atoms with Crippen molar-refractivity contribution in [1.29, 1.82) is 0 Å². The summed E-state index contributed by atoms with van der Waals surface area (Å²) in [6, 6.07) is 9.64. The van der Waals surface area contributed by atoms with Gasteiger partial charge in [-0.1, -0.05) is 42.3 Å². The van der Waals surface area contributed by atoms with Crippen LogP contribution < -0.4 is 0 Å². The zero-order valence-corrected chi connectivity index (χ0v) is 15.2. The van der Waals surface area contributed by atoms with E-state index in [1.54, 1.807) is 5.57 Å². The Labute approximate surface area is 151 Å².